The number of ether oxygens (including phenoxy) is 1. The van der Waals surface area contributed by atoms with Crippen molar-refractivity contribution in [2.24, 2.45) is 5.92 Å². The first-order valence-corrected chi connectivity index (χ1v) is 8.58. The molecule has 1 aromatic rings. The van der Waals surface area contributed by atoms with E-state index < -0.39 is 0 Å². The van der Waals surface area contributed by atoms with Gasteiger partial charge in [0, 0.05) is 12.2 Å². The van der Waals surface area contributed by atoms with Gasteiger partial charge in [-0.15, -0.1) is 0 Å². The SMILES string of the molecule is COC(=O)CCNC(=O)Nc1ccc(CCC2CCNCC2)cc1. The number of nitrogens with one attached hydrogen (secondary N) is 3. The molecular weight excluding hydrogens is 306 g/mol. The van der Waals surface area contributed by atoms with Crippen LogP contribution in [0.3, 0.4) is 0 Å². The number of carbonyl (C=O) groups excluding carboxylic acids is 2. The van der Waals surface area contributed by atoms with Gasteiger partial charge in [-0.2, -0.15) is 0 Å². The number of esters is 1. The molecule has 0 atom stereocenters. The summed E-state index contributed by atoms with van der Waals surface area (Å²) in [7, 11) is 1.33. The Kier molecular flexibility index (Phi) is 7.55. The van der Waals surface area contributed by atoms with Gasteiger partial charge in [0.15, 0.2) is 0 Å². The third-order valence-electron chi connectivity index (χ3n) is 4.35. The Hall–Kier alpha value is -2.08. The van der Waals surface area contributed by atoms with Crippen LogP contribution >= 0.6 is 0 Å². The lowest BCUT2D eigenvalue weighted by atomic mass is 9.91. The molecule has 2 amide bonds. The van der Waals surface area contributed by atoms with Crippen LogP contribution in [0.25, 0.3) is 0 Å². The van der Waals surface area contributed by atoms with E-state index in [0.29, 0.717) is 0 Å². The number of urea groups is 1. The van der Waals surface area contributed by atoms with Crippen molar-refractivity contribution in [3.8, 4) is 0 Å². The van der Waals surface area contributed by atoms with Gasteiger partial charge in [-0.1, -0.05) is 12.1 Å². The van der Waals surface area contributed by atoms with Gasteiger partial charge in [-0.05, 0) is 62.4 Å². The molecule has 0 spiro atoms. The predicted octanol–water partition coefficient (Wildman–Crippen LogP) is 2.30. The summed E-state index contributed by atoms with van der Waals surface area (Å²) in [5.41, 5.74) is 2.04. The Morgan fingerprint density at radius 3 is 2.58 bits per heavy atom. The third-order valence-corrected chi connectivity index (χ3v) is 4.35. The minimum Gasteiger partial charge on any atom is -0.469 e. The molecule has 0 unspecified atom stereocenters. The molecule has 6 nitrogen and oxygen atoms in total. The van der Waals surface area contributed by atoms with Gasteiger partial charge in [-0.25, -0.2) is 4.79 Å². The first-order valence-electron chi connectivity index (χ1n) is 8.58. The zero-order valence-electron chi connectivity index (χ0n) is 14.3. The number of piperidine rings is 1. The molecule has 132 valence electrons. The lowest BCUT2D eigenvalue weighted by molar-refractivity contribution is -0.140. The summed E-state index contributed by atoms with van der Waals surface area (Å²) >= 11 is 0. The van der Waals surface area contributed by atoms with E-state index >= 15 is 0 Å². The number of anilines is 1. The van der Waals surface area contributed by atoms with E-state index in [1.54, 1.807) is 0 Å². The predicted molar refractivity (Wildman–Crippen MR) is 94.0 cm³/mol. The minimum absolute atomic E-state index is 0.166. The van der Waals surface area contributed by atoms with Crippen LogP contribution in [0.5, 0.6) is 0 Å². The largest absolute Gasteiger partial charge is 0.469 e. The van der Waals surface area contributed by atoms with Crippen LogP contribution in [0, 0.1) is 5.92 Å². The summed E-state index contributed by atoms with van der Waals surface area (Å²) < 4.78 is 4.52. The molecule has 6 heteroatoms. The normalized spacial score (nSPS) is 14.9. The Labute approximate surface area is 143 Å². The van der Waals surface area contributed by atoms with Gasteiger partial charge >= 0.3 is 12.0 Å². The van der Waals surface area contributed by atoms with Crippen molar-refractivity contribution in [1.29, 1.82) is 0 Å². The van der Waals surface area contributed by atoms with Crippen molar-refractivity contribution in [2.75, 3.05) is 32.1 Å². The number of carbonyl (C=O) groups is 2. The standard InChI is InChI=1S/C18H27N3O3/c1-24-17(22)10-13-20-18(23)21-16-6-4-14(5-7-16)2-3-15-8-11-19-12-9-15/h4-7,15,19H,2-3,8-13H2,1H3,(H2,20,21,23). The maximum absolute atomic E-state index is 11.7. The second kappa shape index (κ2) is 9.93. The molecule has 1 aliphatic rings. The number of rotatable bonds is 7. The van der Waals surface area contributed by atoms with Crippen molar-refractivity contribution in [3.63, 3.8) is 0 Å². The Morgan fingerprint density at radius 1 is 1.21 bits per heavy atom. The van der Waals surface area contributed by atoms with Crippen LogP contribution in [-0.4, -0.2) is 38.7 Å². The van der Waals surface area contributed by atoms with E-state index in [1.165, 1.54) is 31.9 Å². The number of aryl methyl sites for hydroxylation is 1. The van der Waals surface area contributed by atoms with Crippen molar-refractivity contribution in [2.45, 2.75) is 32.1 Å². The van der Waals surface area contributed by atoms with Crippen LogP contribution in [-0.2, 0) is 16.0 Å². The van der Waals surface area contributed by atoms with Crippen LogP contribution in [0.2, 0.25) is 0 Å². The highest BCUT2D eigenvalue weighted by Gasteiger charge is 2.12. The summed E-state index contributed by atoms with van der Waals surface area (Å²) in [6.45, 7) is 2.53. The second-order valence-electron chi connectivity index (χ2n) is 6.14. The number of hydrogen-bond donors (Lipinski definition) is 3. The van der Waals surface area contributed by atoms with E-state index in [4.69, 9.17) is 0 Å². The molecule has 0 bridgehead atoms. The average molecular weight is 333 g/mol. The van der Waals surface area contributed by atoms with Crippen molar-refractivity contribution >= 4 is 17.7 Å². The Balaban J connectivity index is 1.69. The first kappa shape index (κ1) is 18.3. The molecule has 0 radical (unpaired) electrons. The zero-order valence-corrected chi connectivity index (χ0v) is 14.3. The van der Waals surface area contributed by atoms with E-state index in [2.05, 4.69) is 32.8 Å². The molecule has 1 aromatic carbocycles. The number of benzene rings is 1. The lowest BCUT2D eigenvalue weighted by Crippen LogP contribution is -2.30. The minimum atomic E-state index is -0.339. The van der Waals surface area contributed by atoms with E-state index in [0.717, 1.165) is 31.1 Å². The highest BCUT2D eigenvalue weighted by Crippen LogP contribution is 2.19. The number of amides is 2. The highest BCUT2D eigenvalue weighted by atomic mass is 16.5. The van der Waals surface area contributed by atoms with Gasteiger partial charge in [0.1, 0.15) is 0 Å². The fourth-order valence-corrected chi connectivity index (χ4v) is 2.85. The molecule has 0 aromatic heterocycles. The fourth-order valence-electron chi connectivity index (χ4n) is 2.85. The smallest absolute Gasteiger partial charge is 0.319 e. The molecule has 24 heavy (non-hydrogen) atoms. The zero-order chi connectivity index (χ0) is 17.2. The van der Waals surface area contributed by atoms with Crippen molar-refractivity contribution < 1.29 is 14.3 Å². The van der Waals surface area contributed by atoms with Crippen LogP contribution in [0.4, 0.5) is 10.5 Å². The maximum Gasteiger partial charge on any atom is 0.319 e. The average Bonchev–Trinajstić information content (AvgIpc) is 2.62. The molecule has 1 heterocycles. The molecular formula is C18H27N3O3. The van der Waals surface area contributed by atoms with Crippen LogP contribution in [0.1, 0.15) is 31.2 Å². The Morgan fingerprint density at radius 2 is 1.92 bits per heavy atom. The molecule has 1 fully saturated rings. The van der Waals surface area contributed by atoms with E-state index in [9.17, 15) is 9.59 Å². The Bertz CT molecular complexity index is 525. The maximum atomic E-state index is 11.7. The lowest BCUT2D eigenvalue weighted by Gasteiger charge is -2.22. The summed E-state index contributed by atoms with van der Waals surface area (Å²) in [6.07, 6.45) is 5.01. The number of methoxy groups -OCH3 is 1. The molecule has 0 saturated carbocycles. The second-order valence-corrected chi connectivity index (χ2v) is 6.14. The van der Waals surface area contributed by atoms with Gasteiger partial charge in [0.05, 0.1) is 13.5 Å². The summed E-state index contributed by atoms with van der Waals surface area (Å²) in [5.74, 6) is 0.484. The van der Waals surface area contributed by atoms with Gasteiger partial charge < -0.3 is 20.7 Å². The third kappa shape index (κ3) is 6.58. The molecule has 0 aliphatic carbocycles. The summed E-state index contributed by atoms with van der Waals surface area (Å²) in [6, 6.07) is 7.63. The monoisotopic (exact) mass is 333 g/mol. The molecule has 2 rings (SSSR count). The van der Waals surface area contributed by atoms with E-state index in [-0.39, 0.29) is 25.0 Å². The first-order chi connectivity index (χ1) is 11.7. The number of hydrogen-bond acceptors (Lipinski definition) is 4. The van der Waals surface area contributed by atoms with Gasteiger partial charge in [0.2, 0.25) is 0 Å². The van der Waals surface area contributed by atoms with Crippen LogP contribution < -0.4 is 16.0 Å². The molecule has 3 N–H and O–H groups in total. The quantitative estimate of drug-likeness (QED) is 0.669. The van der Waals surface area contributed by atoms with Gasteiger partial charge in [0.25, 0.3) is 0 Å². The van der Waals surface area contributed by atoms with Crippen LogP contribution in [0.15, 0.2) is 24.3 Å². The highest BCUT2D eigenvalue weighted by molar-refractivity contribution is 5.89. The summed E-state index contributed by atoms with van der Waals surface area (Å²) in [4.78, 5) is 22.7. The van der Waals surface area contributed by atoms with Crippen molar-refractivity contribution in [3.05, 3.63) is 29.8 Å². The molecule has 1 saturated heterocycles. The van der Waals surface area contributed by atoms with Gasteiger partial charge in [-0.3, -0.25) is 4.79 Å². The topological polar surface area (TPSA) is 79.5 Å². The molecule has 1 aliphatic heterocycles. The van der Waals surface area contributed by atoms with E-state index in [1.807, 2.05) is 12.1 Å². The fraction of sp³-hybridized carbons (Fsp3) is 0.556. The summed E-state index contributed by atoms with van der Waals surface area (Å²) in [5, 5.41) is 8.77. The van der Waals surface area contributed by atoms with Crippen molar-refractivity contribution in [1.82, 2.24) is 10.6 Å².